The minimum Gasteiger partial charge on any atom is -0.360 e. The second-order valence-electron chi connectivity index (χ2n) is 5.98. The van der Waals surface area contributed by atoms with Crippen molar-refractivity contribution in [1.29, 1.82) is 0 Å². The lowest BCUT2D eigenvalue weighted by Gasteiger charge is -2.12. The molecular formula is C17H20N6O2. The SMILES string of the molecule is Cc1cc(C)n(-c2ccccc2CNc2c([N+](=O)[O-])c(C)nn2C)n1. The lowest BCUT2D eigenvalue weighted by molar-refractivity contribution is -0.384. The number of hydrogen-bond donors (Lipinski definition) is 1. The van der Waals surface area contributed by atoms with Crippen LogP contribution in [0.2, 0.25) is 0 Å². The maximum absolute atomic E-state index is 11.3. The monoisotopic (exact) mass is 340 g/mol. The van der Waals surface area contributed by atoms with Crippen LogP contribution in [0.25, 0.3) is 5.69 Å². The van der Waals surface area contributed by atoms with E-state index in [-0.39, 0.29) is 5.69 Å². The molecule has 0 unspecified atom stereocenters. The van der Waals surface area contributed by atoms with Gasteiger partial charge in [-0.2, -0.15) is 10.2 Å². The van der Waals surface area contributed by atoms with Gasteiger partial charge in [-0.25, -0.2) is 9.36 Å². The molecule has 2 aromatic heterocycles. The third kappa shape index (κ3) is 3.10. The van der Waals surface area contributed by atoms with Crippen molar-refractivity contribution in [2.45, 2.75) is 27.3 Å². The minimum atomic E-state index is -0.405. The zero-order chi connectivity index (χ0) is 18.1. The van der Waals surface area contributed by atoms with Crippen molar-refractivity contribution in [2.24, 2.45) is 7.05 Å². The molecule has 8 nitrogen and oxygen atoms in total. The number of para-hydroxylation sites is 1. The van der Waals surface area contributed by atoms with Crippen LogP contribution < -0.4 is 5.32 Å². The van der Waals surface area contributed by atoms with Crippen LogP contribution in [0.15, 0.2) is 30.3 Å². The Kier molecular flexibility index (Phi) is 4.26. The first-order valence-electron chi connectivity index (χ1n) is 7.92. The molecule has 130 valence electrons. The van der Waals surface area contributed by atoms with Gasteiger partial charge in [-0.1, -0.05) is 18.2 Å². The average Bonchev–Trinajstić information content (AvgIpc) is 3.03. The maximum Gasteiger partial charge on any atom is 0.333 e. The molecule has 0 spiro atoms. The molecule has 3 rings (SSSR count). The molecule has 0 aliphatic rings. The van der Waals surface area contributed by atoms with Crippen molar-refractivity contribution < 1.29 is 4.92 Å². The Hall–Kier alpha value is -3.16. The summed E-state index contributed by atoms with van der Waals surface area (Å²) in [5.74, 6) is 0.394. The molecule has 0 aliphatic carbocycles. The largest absolute Gasteiger partial charge is 0.360 e. The zero-order valence-electron chi connectivity index (χ0n) is 14.6. The number of benzene rings is 1. The highest BCUT2D eigenvalue weighted by molar-refractivity contribution is 5.60. The summed E-state index contributed by atoms with van der Waals surface area (Å²) < 4.78 is 3.38. The van der Waals surface area contributed by atoms with Crippen molar-refractivity contribution >= 4 is 11.5 Å². The molecule has 0 atom stereocenters. The quantitative estimate of drug-likeness (QED) is 0.569. The lowest BCUT2D eigenvalue weighted by atomic mass is 10.1. The number of aromatic nitrogens is 4. The number of nitrogens with one attached hydrogen (secondary N) is 1. The predicted molar refractivity (Wildman–Crippen MR) is 95.0 cm³/mol. The van der Waals surface area contributed by atoms with E-state index in [2.05, 4.69) is 15.5 Å². The lowest BCUT2D eigenvalue weighted by Crippen LogP contribution is -2.10. The smallest absolute Gasteiger partial charge is 0.333 e. The van der Waals surface area contributed by atoms with Gasteiger partial charge in [0.2, 0.25) is 5.82 Å². The fourth-order valence-corrected chi connectivity index (χ4v) is 2.98. The van der Waals surface area contributed by atoms with Gasteiger partial charge in [0.15, 0.2) is 0 Å². The first kappa shape index (κ1) is 16.7. The zero-order valence-corrected chi connectivity index (χ0v) is 14.6. The number of anilines is 1. The van der Waals surface area contributed by atoms with Crippen molar-refractivity contribution in [3.05, 3.63) is 63.1 Å². The number of rotatable bonds is 5. The summed E-state index contributed by atoms with van der Waals surface area (Å²) >= 11 is 0. The molecule has 25 heavy (non-hydrogen) atoms. The van der Waals surface area contributed by atoms with Crippen LogP contribution in [0.1, 0.15) is 22.6 Å². The van der Waals surface area contributed by atoms with Gasteiger partial charge in [-0.05, 0) is 38.5 Å². The number of aryl methyl sites for hydroxylation is 4. The number of nitrogens with zero attached hydrogens (tertiary/aromatic N) is 5. The molecule has 0 radical (unpaired) electrons. The van der Waals surface area contributed by atoms with E-state index in [0.717, 1.165) is 22.6 Å². The molecule has 0 aliphatic heterocycles. The van der Waals surface area contributed by atoms with Gasteiger partial charge in [0.25, 0.3) is 0 Å². The summed E-state index contributed by atoms with van der Waals surface area (Å²) in [4.78, 5) is 10.9. The third-order valence-corrected chi connectivity index (χ3v) is 4.05. The third-order valence-electron chi connectivity index (χ3n) is 4.05. The standard InChI is InChI=1S/C17H20N6O2/c1-11-9-12(2)22(19-11)15-8-6-5-7-14(15)10-18-17-16(23(24)25)13(3)20-21(17)4/h5-9,18H,10H2,1-4H3. The van der Waals surface area contributed by atoms with Gasteiger partial charge in [-0.15, -0.1) is 0 Å². The van der Waals surface area contributed by atoms with E-state index in [1.165, 1.54) is 4.68 Å². The summed E-state index contributed by atoms with van der Waals surface area (Å²) in [5.41, 5.74) is 4.31. The van der Waals surface area contributed by atoms with Gasteiger partial charge in [-0.3, -0.25) is 10.1 Å². The Morgan fingerprint density at radius 2 is 1.92 bits per heavy atom. The van der Waals surface area contributed by atoms with Crippen LogP contribution in [0.4, 0.5) is 11.5 Å². The van der Waals surface area contributed by atoms with Crippen molar-refractivity contribution in [1.82, 2.24) is 19.6 Å². The fraction of sp³-hybridized carbons (Fsp3) is 0.294. The molecule has 3 aromatic rings. The average molecular weight is 340 g/mol. The van der Waals surface area contributed by atoms with E-state index in [0.29, 0.717) is 18.1 Å². The van der Waals surface area contributed by atoms with Crippen LogP contribution in [-0.2, 0) is 13.6 Å². The Bertz CT molecular complexity index is 941. The summed E-state index contributed by atoms with van der Waals surface area (Å²) in [6.45, 7) is 6.01. The van der Waals surface area contributed by atoms with Crippen molar-refractivity contribution in [3.8, 4) is 5.69 Å². The van der Waals surface area contributed by atoms with Crippen LogP contribution in [0.5, 0.6) is 0 Å². The Labute approximate surface area is 145 Å². The van der Waals surface area contributed by atoms with E-state index in [1.807, 2.05) is 48.9 Å². The predicted octanol–water partition coefficient (Wildman–Crippen LogP) is 3.05. The summed E-state index contributed by atoms with van der Waals surface area (Å²) in [6.07, 6.45) is 0. The van der Waals surface area contributed by atoms with E-state index >= 15 is 0 Å². The van der Waals surface area contributed by atoms with Gasteiger partial charge >= 0.3 is 5.69 Å². The summed E-state index contributed by atoms with van der Waals surface area (Å²) in [7, 11) is 1.69. The molecule has 0 fully saturated rings. The van der Waals surface area contributed by atoms with Crippen molar-refractivity contribution in [2.75, 3.05) is 5.32 Å². The second kappa shape index (κ2) is 6.39. The van der Waals surface area contributed by atoms with Gasteiger partial charge in [0, 0.05) is 19.3 Å². The van der Waals surface area contributed by atoms with Crippen LogP contribution in [0, 0.1) is 30.9 Å². The van der Waals surface area contributed by atoms with Crippen LogP contribution in [-0.4, -0.2) is 24.5 Å². The molecule has 0 saturated carbocycles. The Morgan fingerprint density at radius 1 is 1.20 bits per heavy atom. The Morgan fingerprint density at radius 3 is 2.56 bits per heavy atom. The molecule has 0 bridgehead atoms. The van der Waals surface area contributed by atoms with E-state index in [1.54, 1.807) is 14.0 Å². The van der Waals surface area contributed by atoms with Crippen molar-refractivity contribution in [3.63, 3.8) is 0 Å². The summed E-state index contributed by atoms with van der Waals surface area (Å²) in [5, 5.41) is 23.1. The Balaban J connectivity index is 1.94. The molecule has 0 amide bonds. The second-order valence-corrected chi connectivity index (χ2v) is 5.98. The molecule has 8 heteroatoms. The van der Waals surface area contributed by atoms with E-state index in [9.17, 15) is 10.1 Å². The minimum absolute atomic E-state index is 0.00564. The molecule has 1 aromatic carbocycles. The molecule has 1 N–H and O–H groups in total. The number of hydrogen-bond acceptors (Lipinski definition) is 5. The topological polar surface area (TPSA) is 90.8 Å². The molecule has 0 saturated heterocycles. The van der Waals surface area contributed by atoms with Gasteiger partial charge < -0.3 is 5.32 Å². The van der Waals surface area contributed by atoms with Crippen LogP contribution in [0.3, 0.4) is 0 Å². The first-order chi connectivity index (χ1) is 11.9. The highest BCUT2D eigenvalue weighted by atomic mass is 16.6. The summed E-state index contributed by atoms with van der Waals surface area (Å²) in [6, 6.07) is 9.87. The maximum atomic E-state index is 11.3. The number of nitro groups is 1. The first-order valence-corrected chi connectivity index (χ1v) is 7.92. The van der Waals surface area contributed by atoms with E-state index < -0.39 is 4.92 Å². The molecular weight excluding hydrogens is 320 g/mol. The molecule has 2 heterocycles. The van der Waals surface area contributed by atoms with E-state index in [4.69, 9.17) is 0 Å². The van der Waals surface area contributed by atoms with Crippen LogP contribution >= 0.6 is 0 Å². The normalized spacial score (nSPS) is 10.9. The highest BCUT2D eigenvalue weighted by Gasteiger charge is 2.23. The van der Waals surface area contributed by atoms with Gasteiger partial charge in [0.1, 0.15) is 5.69 Å². The fourth-order valence-electron chi connectivity index (χ4n) is 2.98. The van der Waals surface area contributed by atoms with Gasteiger partial charge in [0.05, 0.1) is 16.3 Å². The highest BCUT2D eigenvalue weighted by Crippen LogP contribution is 2.28.